The summed E-state index contributed by atoms with van der Waals surface area (Å²) in [5.41, 5.74) is 1.20. The molecule has 108 valence electrons. The summed E-state index contributed by atoms with van der Waals surface area (Å²) in [6, 6.07) is 8.81. The Bertz CT molecular complexity index is 502. The van der Waals surface area contributed by atoms with Crippen molar-refractivity contribution < 1.29 is 9.53 Å². The number of benzene rings is 1. The standard InChI is InChI=1S/C16H20ClNO2/c1-18-12-7-8-14(18)15(16(19)20-2)13(9-12)10-3-5-11(17)6-4-10/h3-6,12-15H,7-9H2,1-2H3/i2-1. The Balaban J connectivity index is 1.95. The van der Waals surface area contributed by atoms with E-state index in [0.29, 0.717) is 12.1 Å². The van der Waals surface area contributed by atoms with Crippen molar-refractivity contribution in [3.8, 4) is 0 Å². The zero-order chi connectivity index (χ0) is 14.3. The first-order valence-electron chi connectivity index (χ1n) is 7.17. The molecule has 4 unspecified atom stereocenters. The van der Waals surface area contributed by atoms with Gasteiger partial charge in [0.05, 0.1) is 13.0 Å². The van der Waals surface area contributed by atoms with E-state index in [1.54, 1.807) is 0 Å². The lowest BCUT2D eigenvalue weighted by molar-refractivity contribution is -0.150. The maximum Gasteiger partial charge on any atom is 0.310 e. The minimum absolute atomic E-state index is 0.0649. The van der Waals surface area contributed by atoms with Crippen molar-refractivity contribution >= 4 is 17.6 Å². The first-order valence-corrected chi connectivity index (χ1v) is 7.55. The van der Waals surface area contributed by atoms with Crippen LogP contribution in [0.3, 0.4) is 0 Å². The molecule has 2 saturated heterocycles. The summed E-state index contributed by atoms with van der Waals surface area (Å²) < 4.78 is 5.07. The van der Waals surface area contributed by atoms with Crippen molar-refractivity contribution in [3.63, 3.8) is 0 Å². The Kier molecular flexibility index (Phi) is 3.74. The van der Waals surface area contributed by atoms with Gasteiger partial charge in [0.25, 0.3) is 0 Å². The van der Waals surface area contributed by atoms with Gasteiger partial charge in [0.15, 0.2) is 0 Å². The number of piperidine rings is 1. The van der Waals surface area contributed by atoms with Gasteiger partial charge in [0.2, 0.25) is 0 Å². The van der Waals surface area contributed by atoms with Crippen molar-refractivity contribution in [1.82, 2.24) is 4.90 Å². The summed E-state index contributed by atoms with van der Waals surface area (Å²) in [6.45, 7) is 0. The molecule has 0 N–H and O–H groups in total. The SMILES string of the molecule is CN1C2CCC1C(C(=O)O[11CH3])C(c1ccc(Cl)cc1)C2. The zero-order valence-corrected chi connectivity index (χ0v) is 12.6. The molecule has 0 saturated carbocycles. The van der Waals surface area contributed by atoms with Gasteiger partial charge < -0.3 is 4.74 Å². The lowest BCUT2D eigenvalue weighted by atomic mass is 9.76. The van der Waals surface area contributed by atoms with Crippen LogP contribution >= 0.6 is 11.6 Å². The fraction of sp³-hybridized carbons (Fsp3) is 0.562. The molecule has 2 aliphatic heterocycles. The average Bonchev–Trinajstić information content (AvgIpc) is 2.70. The number of hydrogen-bond donors (Lipinski definition) is 0. The van der Waals surface area contributed by atoms with Gasteiger partial charge in [-0.05, 0) is 44.0 Å². The van der Waals surface area contributed by atoms with E-state index in [2.05, 4.69) is 11.9 Å². The van der Waals surface area contributed by atoms with Gasteiger partial charge >= 0.3 is 5.97 Å². The van der Waals surface area contributed by atoms with Gasteiger partial charge in [-0.15, -0.1) is 0 Å². The number of nitrogens with zero attached hydrogens (tertiary/aromatic N) is 1. The molecule has 2 aliphatic rings. The quantitative estimate of drug-likeness (QED) is 0.785. The van der Waals surface area contributed by atoms with Gasteiger partial charge in [-0.1, -0.05) is 23.7 Å². The molecule has 0 radical (unpaired) electrons. The summed E-state index contributed by atoms with van der Waals surface area (Å²) in [5, 5.41) is 0.735. The minimum Gasteiger partial charge on any atom is -0.469 e. The fourth-order valence-corrected chi connectivity index (χ4v) is 4.10. The topological polar surface area (TPSA) is 29.5 Å². The van der Waals surface area contributed by atoms with E-state index in [4.69, 9.17) is 16.3 Å². The van der Waals surface area contributed by atoms with Crippen LogP contribution in [0.15, 0.2) is 24.3 Å². The fourth-order valence-electron chi connectivity index (χ4n) is 3.98. The number of halogens is 1. The van der Waals surface area contributed by atoms with Crippen LogP contribution in [0.4, 0.5) is 0 Å². The predicted molar refractivity (Wildman–Crippen MR) is 78.9 cm³/mol. The number of hydrogen-bond acceptors (Lipinski definition) is 3. The van der Waals surface area contributed by atoms with E-state index in [-0.39, 0.29) is 17.8 Å². The van der Waals surface area contributed by atoms with Crippen LogP contribution in [0.1, 0.15) is 30.7 Å². The number of carbonyl (C=O) groups excluding carboxylic acids is 1. The highest BCUT2D eigenvalue weighted by atomic mass is 35.5. The maximum atomic E-state index is 12.3. The predicted octanol–water partition coefficient (Wildman–Crippen LogP) is 3.08. The lowest BCUT2D eigenvalue weighted by Gasteiger charge is -2.41. The monoisotopic (exact) mass is 292 g/mol. The molecule has 0 spiro atoms. The summed E-state index contributed by atoms with van der Waals surface area (Å²) in [7, 11) is 3.62. The Morgan fingerprint density at radius 1 is 1.30 bits per heavy atom. The maximum absolute atomic E-state index is 12.3. The Morgan fingerprint density at radius 3 is 2.65 bits per heavy atom. The molecule has 3 rings (SSSR count). The van der Waals surface area contributed by atoms with E-state index < -0.39 is 0 Å². The van der Waals surface area contributed by atoms with Crippen molar-refractivity contribution in [2.75, 3.05) is 14.2 Å². The highest BCUT2D eigenvalue weighted by Crippen LogP contribution is 2.46. The van der Waals surface area contributed by atoms with E-state index in [1.807, 2.05) is 24.3 Å². The van der Waals surface area contributed by atoms with Crippen LogP contribution in [0.25, 0.3) is 0 Å². The highest BCUT2D eigenvalue weighted by Gasteiger charge is 2.49. The van der Waals surface area contributed by atoms with Gasteiger partial charge in [0, 0.05) is 23.0 Å². The average molecular weight is 293 g/mol. The summed E-state index contributed by atoms with van der Waals surface area (Å²) in [6.07, 6.45) is 3.29. The Morgan fingerprint density at radius 2 is 2.00 bits per heavy atom. The minimum atomic E-state index is -0.0813. The molecule has 3 nitrogen and oxygen atoms in total. The molecule has 4 atom stereocenters. The molecular weight excluding hydrogens is 273 g/mol. The van der Waals surface area contributed by atoms with Crippen LogP contribution in [0.2, 0.25) is 5.02 Å². The Labute approximate surface area is 124 Å². The van der Waals surface area contributed by atoms with E-state index >= 15 is 0 Å². The van der Waals surface area contributed by atoms with Gasteiger partial charge in [-0.2, -0.15) is 0 Å². The molecule has 4 heteroatoms. The summed E-state index contributed by atoms with van der Waals surface area (Å²) in [4.78, 5) is 14.6. The zero-order valence-electron chi connectivity index (χ0n) is 11.9. The molecule has 0 aliphatic carbocycles. The molecule has 0 amide bonds. The number of carbonyl (C=O) groups is 1. The van der Waals surface area contributed by atoms with Crippen LogP contribution in [-0.2, 0) is 9.53 Å². The van der Waals surface area contributed by atoms with Crippen LogP contribution < -0.4 is 0 Å². The number of fused-ring (bicyclic) bond motifs is 2. The third-order valence-electron chi connectivity index (χ3n) is 5.04. The third kappa shape index (κ3) is 2.23. The summed E-state index contributed by atoms with van der Waals surface area (Å²) in [5.74, 6) is 0.0977. The second kappa shape index (κ2) is 5.38. The number of rotatable bonds is 2. The second-order valence-corrected chi connectivity index (χ2v) is 6.34. The molecule has 0 aromatic heterocycles. The molecule has 20 heavy (non-hydrogen) atoms. The van der Waals surface area contributed by atoms with Crippen LogP contribution in [0, 0.1) is 5.92 Å². The molecular formula is C16H20ClNO2. The van der Waals surface area contributed by atoms with Crippen molar-refractivity contribution in [2.24, 2.45) is 5.92 Å². The number of ether oxygens (including phenoxy) is 1. The molecule has 2 fully saturated rings. The van der Waals surface area contributed by atoms with E-state index in [1.165, 1.54) is 19.1 Å². The van der Waals surface area contributed by atoms with Gasteiger partial charge in [0.1, 0.15) is 0 Å². The van der Waals surface area contributed by atoms with Gasteiger partial charge in [-0.3, -0.25) is 9.69 Å². The van der Waals surface area contributed by atoms with Crippen LogP contribution in [-0.4, -0.2) is 37.1 Å². The summed E-state index contributed by atoms with van der Waals surface area (Å²) >= 11 is 5.97. The number of methoxy groups -OCH3 is 1. The first-order chi connectivity index (χ1) is 9.61. The normalized spacial score (nSPS) is 33.1. The number of esters is 1. The smallest absolute Gasteiger partial charge is 0.310 e. The third-order valence-corrected chi connectivity index (χ3v) is 5.29. The Hall–Kier alpha value is -1.06. The molecule has 1 aromatic rings. The van der Waals surface area contributed by atoms with Crippen molar-refractivity contribution in [1.29, 1.82) is 0 Å². The molecule has 2 bridgehead atoms. The van der Waals surface area contributed by atoms with E-state index in [0.717, 1.165) is 17.9 Å². The second-order valence-electron chi connectivity index (χ2n) is 5.91. The molecule has 2 heterocycles. The molecule has 1 aromatic carbocycles. The van der Waals surface area contributed by atoms with Crippen LogP contribution in [0.5, 0.6) is 0 Å². The lowest BCUT2D eigenvalue weighted by Crippen LogP contribution is -2.49. The van der Waals surface area contributed by atoms with Gasteiger partial charge in [-0.25, -0.2) is 0 Å². The largest absolute Gasteiger partial charge is 0.469 e. The first kappa shape index (κ1) is 13.9. The highest BCUT2D eigenvalue weighted by molar-refractivity contribution is 6.30. The van der Waals surface area contributed by atoms with E-state index in [9.17, 15) is 4.79 Å². The van der Waals surface area contributed by atoms with Crippen molar-refractivity contribution in [3.05, 3.63) is 34.9 Å². The van der Waals surface area contributed by atoms with Crippen molar-refractivity contribution in [2.45, 2.75) is 37.3 Å².